The van der Waals surface area contributed by atoms with Crippen LogP contribution in [0.4, 0.5) is 0 Å². The first-order valence-corrected chi connectivity index (χ1v) is 9.35. The van der Waals surface area contributed by atoms with E-state index in [1.165, 1.54) is 63.0 Å². The van der Waals surface area contributed by atoms with Crippen LogP contribution in [-0.2, 0) is 16.0 Å². The summed E-state index contributed by atoms with van der Waals surface area (Å²) >= 11 is 0. The molecule has 0 spiro atoms. The Hall–Kier alpha value is -1.31. The molecule has 1 unspecified atom stereocenters. The maximum absolute atomic E-state index is 10.7. The number of hydrogen-bond donors (Lipinski definition) is 0. The lowest BCUT2D eigenvalue weighted by Gasteiger charge is -2.12. The van der Waals surface area contributed by atoms with Gasteiger partial charge in [-0.15, -0.1) is 0 Å². The van der Waals surface area contributed by atoms with E-state index in [2.05, 4.69) is 38.1 Å². The van der Waals surface area contributed by atoms with Crippen molar-refractivity contribution in [3.63, 3.8) is 0 Å². The molecule has 0 aliphatic carbocycles. The van der Waals surface area contributed by atoms with E-state index in [1.54, 1.807) is 0 Å². The van der Waals surface area contributed by atoms with Crippen LogP contribution in [0, 0.1) is 0 Å². The third-order valence-electron chi connectivity index (χ3n) is 4.45. The van der Waals surface area contributed by atoms with Gasteiger partial charge in [-0.1, -0.05) is 70.2 Å². The average molecular weight is 319 g/mol. The largest absolute Gasteiger partial charge is 0.466 e. The highest BCUT2D eigenvalue weighted by molar-refractivity contribution is 5.65. The van der Waals surface area contributed by atoms with E-state index in [1.807, 2.05) is 0 Å². The van der Waals surface area contributed by atoms with Crippen molar-refractivity contribution in [2.24, 2.45) is 0 Å². The van der Waals surface area contributed by atoms with Crippen LogP contribution in [0.5, 0.6) is 0 Å². The second-order valence-electron chi connectivity index (χ2n) is 6.64. The lowest BCUT2D eigenvalue weighted by atomic mass is 9.94. The van der Waals surface area contributed by atoms with Gasteiger partial charge in [0.1, 0.15) is 0 Å². The van der Waals surface area contributed by atoms with Gasteiger partial charge in [0.2, 0.25) is 0 Å². The fourth-order valence-electron chi connectivity index (χ4n) is 2.89. The zero-order chi connectivity index (χ0) is 16.9. The predicted octanol–water partition coefficient (Wildman–Crippen LogP) is 6.04. The number of esters is 1. The summed E-state index contributed by atoms with van der Waals surface area (Å²) in [5.41, 5.74) is 2.84. The summed E-state index contributed by atoms with van der Waals surface area (Å²) in [5, 5.41) is 0. The minimum atomic E-state index is -0.184. The SMILES string of the molecule is CCCCCCCCc1ccc(C(C)CCCOC(C)=O)cc1. The number of benzene rings is 1. The molecule has 0 N–H and O–H groups in total. The van der Waals surface area contributed by atoms with Crippen molar-refractivity contribution >= 4 is 5.97 Å². The second kappa shape index (κ2) is 12.2. The molecule has 1 rings (SSSR count). The van der Waals surface area contributed by atoms with Crippen molar-refractivity contribution in [2.75, 3.05) is 6.61 Å². The number of carbonyl (C=O) groups excluding carboxylic acids is 1. The molecule has 0 bridgehead atoms. The molecule has 1 aromatic carbocycles. The second-order valence-corrected chi connectivity index (χ2v) is 6.64. The Morgan fingerprint density at radius 2 is 1.65 bits per heavy atom. The predicted molar refractivity (Wildman–Crippen MR) is 97.8 cm³/mol. The summed E-state index contributed by atoms with van der Waals surface area (Å²) in [6.07, 6.45) is 11.3. The van der Waals surface area contributed by atoms with Gasteiger partial charge < -0.3 is 4.74 Å². The maximum Gasteiger partial charge on any atom is 0.302 e. The first-order valence-electron chi connectivity index (χ1n) is 9.35. The molecule has 23 heavy (non-hydrogen) atoms. The Labute approximate surface area is 142 Å². The molecule has 0 heterocycles. The van der Waals surface area contributed by atoms with Crippen molar-refractivity contribution < 1.29 is 9.53 Å². The van der Waals surface area contributed by atoms with Gasteiger partial charge >= 0.3 is 5.97 Å². The molecule has 0 fully saturated rings. The van der Waals surface area contributed by atoms with Gasteiger partial charge in [0, 0.05) is 6.92 Å². The van der Waals surface area contributed by atoms with Gasteiger partial charge in [0.05, 0.1) is 6.61 Å². The molecule has 0 aliphatic rings. The molecule has 130 valence electrons. The van der Waals surface area contributed by atoms with Crippen LogP contribution >= 0.6 is 0 Å². The minimum absolute atomic E-state index is 0.184. The van der Waals surface area contributed by atoms with E-state index in [4.69, 9.17) is 4.74 Å². The lowest BCUT2D eigenvalue weighted by molar-refractivity contribution is -0.141. The molecule has 0 aromatic heterocycles. The first kappa shape index (κ1) is 19.7. The number of hydrogen-bond acceptors (Lipinski definition) is 2. The van der Waals surface area contributed by atoms with Crippen LogP contribution in [-0.4, -0.2) is 12.6 Å². The minimum Gasteiger partial charge on any atom is -0.466 e. The number of carbonyl (C=O) groups is 1. The number of ether oxygens (including phenoxy) is 1. The Morgan fingerprint density at radius 3 is 2.30 bits per heavy atom. The van der Waals surface area contributed by atoms with E-state index < -0.39 is 0 Å². The average Bonchev–Trinajstić information content (AvgIpc) is 2.55. The van der Waals surface area contributed by atoms with Crippen molar-refractivity contribution in [1.82, 2.24) is 0 Å². The molecule has 0 saturated heterocycles. The molecule has 1 atom stereocenters. The van der Waals surface area contributed by atoms with Crippen LogP contribution < -0.4 is 0 Å². The highest BCUT2D eigenvalue weighted by Gasteiger charge is 2.06. The van der Waals surface area contributed by atoms with Gasteiger partial charge in [-0.05, 0) is 42.7 Å². The monoisotopic (exact) mass is 318 g/mol. The molecular formula is C21H34O2. The maximum atomic E-state index is 10.7. The molecule has 0 aliphatic heterocycles. The third-order valence-corrected chi connectivity index (χ3v) is 4.45. The van der Waals surface area contributed by atoms with Gasteiger partial charge in [-0.25, -0.2) is 0 Å². The summed E-state index contributed by atoms with van der Waals surface area (Å²) in [5.74, 6) is 0.338. The van der Waals surface area contributed by atoms with E-state index in [9.17, 15) is 4.79 Å². The van der Waals surface area contributed by atoms with E-state index >= 15 is 0 Å². The quantitative estimate of drug-likeness (QED) is 0.347. The van der Waals surface area contributed by atoms with Crippen molar-refractivity contribution in [2.45, 2.75) is 84.5 Å². The molecule has 0 amide bonds. The van der Waals surface area contributed by atoms with Gasteiger partial charge in [-0.2, -0.15) is 0 Å². The molecule has 1 aromatic rings. The lowest BCUT2D eigenvalue weighted by Crippen LogP contribution is -2.02. The summed E-state index contributed by atoms with van der Waals surface area (Å²) in [6.45, 7) is 6.51. The van der Waals surface area contributed by atoms with Gasteiger partial charge in [0.15, 0.2) is 0 Å². The van der Waals surface area contributed by atoms with Crippen molar-refractivity contribution in [3.8, 4) is 0 Å². The normalized spacial score (nSPS) is 12.1. The van der Waals surface area contributed by atoms with E-state index in [0.717, 1.165) is 12.8 Å². The van der Waals surface area contributed by atoms with E-state index in [-0.39, 0.29) is 5.97 Å². The third kappa shape index (κ3) is 9.43. The van der Waals surface area contributed by atoms with Crippen LogP contribution in [0.2, 0.25) is 0 Å². The van der Waals surface area contributed by atoms with E-state index in [0.29, 0.717) is 12.5 Å². The Bertz CT molecular complexity index is 422. The van der Waals surface area contributed by atoms with Crippen LogP contribution in [0.1, 0.15) is 89.2 Å². The summed E-state index contributed by atoms with van der Waals surface area (Å²) in [6, 6.07) is 9.10. The molecule has 2 nitrogen and oxygen atoms in total. The number of unbranched alkanes of at least 4 members (excludes halogenated alkanes) is 5. The van der Waals surface area contributed by atoms with Crippen LogP contribution in [0.15, 0.2) is 24.3 Å². The van der Waals surface area contributed by atoms with Crippen LogP contribution in [0.3, 0.4) is 0 Å². The fourth-order valence-corrected chi connectivity index (χ4v) is 2.89. The first-order chi connectivity index (χ1) is 11.1. The molecular weight excluding hydrogens is 284 g/mol. The van der Waals surface area contributed by atoms with Crippen molar-refractivity contribution in [1.29, 1.82) is 0 Å². The smallest absolute Gasteiger partial charge is 0.302 e. The molecule has 0 radical (unpaired) electrons. The highest BCUT2D eigenvalue weighted by Crippen LogP contribution is 2.21. The molecule has 0 saturated carbocycles. The topological polar surface area (TPSA) is 26.3 Å². The zero-order valence-corrected chi connectivity index (χ0v) is 15.3. The molecule has 2 heteroatoms. The fraction of sp³-hybridized carbons (Fsp3) is 0.667. The summed E-state index contributed by atoms with van der Waals surface area (Å²) in [7, 11) is 0. The van der Waals surface area contributed by atoms with Gasteiger partial charge in [-0.3, -0.25) is 4.79 Å². The summed E-state index contributed by atoms with van der Waals surface area (Å²) in [4.78, 5) is 10.7. The number of aryl methyl sites for hydroxylation is 1. The van der Waals surface area contributed by atoms with Crippen molar-refractivity contribution in [3.05, 3.63) is 35.4 Å². The van der Waals surface area contributed by atoms with Crippen LogP contribution in [0.25, 0.3) is 0 Å². The van der Waals surface area contributed by atoms with Gasteiger partial charge in [0.25, 0.3) is 0 Å². The summed E-state index contributed by atoms with van der Waals surface area (Å²) < 4.78 is 4.99. The standard InChI is InChI=1S/C21H34O2/c1-4-5-6-7-8-9-12-20-13-15-21(16-14-20)18(2)11-10-17-23-19(3)22/h13-16,18H,4-12,17H2,1-3H3. The highest BCUT2D eigenvalue weighted by atomic mass is 16.5. The Kier molecular flexibility index (Phi) is 10.4. The zero-order valence-electron chi connectivity index (χ0n) is 15.3. The Morgan fingerprint density at radius 1 is 1.00 bits per heavy atom. The Balaban J connectivity index is 2.22. The number of rotatable bonds is 12.